The Balaban J connectivity index is -0.000000246. The number of carbonyl (C=O) groups is 1. The number of hydrogen-bond acceptors (Lipinski definition) is 5. The van der Waals surface area contributed by atoms with Crippen molar-refractivity contribution in [2.75, 3.05) is 39.5 Å². The fourth-order valence-corrected chi connectivity index (χ4v) is 3.69. The first-order valence-corrected chi connectivity index (χ1v) is 16.1. The maximum Gasteiger partial charge on any atom is 0.302 e. The number of hydrogen-bond donors (Lipinski definition) is 2. The van der Waals surface area contributed by atoms with Gasteiger partial charge < -0.3 is 19.8 Å². The fourth-order valence-electron chi connectivity index (χ4n) is 3.69. The lowest BCUT2D eigenvalue weighted by atomic mass is 10.1. The smallest absolute Gasteiger partial charge is 0.302 e. The Bertz CT molecular complexity index is 365. The molecule has 0 saturated heterocycles. The zero-order valence-corrected chi connectivity index (χ0v) is 26.6. The van der Waals surface area contributed by atoms with Crippen molar-refractivity contribution in [3.8, 4) is 0 Å². The molecule has 0 atom stereocenters. The molecule has 0 aliphatic carbocycles. The Labute approximate surface area is 234 Å². The van der Waals surface area contributed by atoms with E-state index in [1.807, 2.05) is 13.8 Å². The number of rotatable bonds is 23. The molecule has 0 rings (SSSR count). The molecule has 2 N–H and O–H groups in total. The summed E-state index contributed by atoms with van der Waals surface area (Å²) in [6.07, 6.45) is 22.6. The normalized spacial score (nSPS) is 10.0. The summed E-state index contributed by atoms with van der Waals surface area (Å²) in [5.74, 6) is -0.163. The second-order valence-corrected chi connectivity index (χ2v) is 9.52. The molecule has 0 aliphatic rings. The van der Waals surface area contributed by atoms with E-state index in [9.17, 15) is 4.79 Å². The van der Waals surface area contributed by atoms with Crippen LogP contribution in [-0.2, 0) is 9.53 Å². The Morgan fingerprint density at radius 1 is 0.568 bits per heavy atom. The molecule has 0 aromatic carbocycles. The first-order valence-electron chi connectivity index (χ1n) is 16.1. The lowest BCUT2D eigenvalue weighted by Crippen LogP contribution is -2.25. The number of nitrogens with zero attached hydrogens (tertiary/aromatic N) is 1. The Kier molecular flexibility index (Phi) is 53.1. The molecule has 0 aromatic rings. The zero-order valence-electron chi connectivity index (χ0n) is 26.6. The molecule has 0 aromatic heterocycles. The van der Waals surface area contributed by atoms with Crippen LogP contribution in [0.25, 0.3) is 0 Å². The van der Waals surface area contributed by atoms with E-state index in [0.29, 0.717) is 19.8 Å². The SMILES string of the molecule is CC.CCCCCCCCOC(C)=O.CCCCO.CCCN(CC)CCCCCCCCCCCO. The summed E-state index contributed by atoms with van der Waals surface area (Å²) in [6, 6.07) is 0. The molecule has 0 amide bonds. The Morgan fingerprint density at radius 2 is 1.00 bits per heavy atom. The number of carbonyl (C=O) groups excluding carboxylic acids is 1. The summed E-state index contributed by atoms with van der Waals surface area (Å²) in [4.78, 5) is 12.9. The van der Waals surface area contributed by atoms with Gasteiger partial charge in [0, 0.05) is 20.1 Å². The molecule has 37 heavy (non-hydrogen) atoms. The molecule has 0 aliphatic heterocycles. The van der Waals surface area contributed by atoms with E-state index in [1.54, 1.807) is 0 Å². The van der Waals surface area contributed by atoms with Crippen molar-refractivity contribution in [1.29, 1.82) is 0 Å². The van der Waals surface area contributed by atoms with Crippen LogP contribution in [0.1, 0.15) is 164 Å². The lowest BCUT2D eigenvalue weighted by molar-refractivity contribution is -0.141. The summed E-state index contributed by atoms with van der Waals surface area (Å²) in [6.45, 7) is 19.3. The fraction of sp³-hybridized carbons (Fsp3) is 0.969. The molecule has 0 fully saturated rings. The standard InChI is InChI=1S/C16H35NO.C10H20O2.C4H10O.C2H6/c1-3-14-17(4-2)15-12-10-8-6-5-7-9-11-13-16-18;1-3-4-5-6-7-8-9-12-10(2)11;1-2-3-4-5;1-2/h18H,3-16H2,1-2H3;3-9H2,1-2H3;5H,2-4H2,1H3;1-2H3. The van der Waals surface area contributed by atoms with Gasteiger partial charge in [0.05, 0.1) is 6.61 Å². The van der Waals surface area contributed by atoms with Gasteiger partial charge in [-0.2, -0.15) is 0 Å². The monoisotopic (exact) mass is 534 g/mol. The van der Waals surface area contributed by atoms with E-state index in [4.69, 9.17) is 14.9 Å². The summed E-state index contributed by atoms with van der Waals surface area (Å²) in [5, 5.41) is 16.7. The summed E-state index contributed by atoms with van der Waals surface area (Å²) in [5.41, 5.74) is 0. The van der Waals surface area contributed by atoms with E-state index in [2.05, 4.69) is 32.6 Å². The summed E-state index contributed by atoms with van der Waals surface area (Å²) < 4.78 is 4.81. The van der Waals surface area contributed by atoms with Crippen LogP contribution in [0.15, 0.2) is 0 Å². The summed E-state index contributed by atoms with van der Waals surface area (Å²) in [7, 11) is 0. The van der Waals surface area contributed by atoms with E-state index < -0.39 is 0 Å². The molecule has 0 heterocycles. The Morgan fingerprint density at radius 3 is 1.38 bits per heavy atom. The highest BCUT2D eigenvalue weighted by Crippen LogP contribution is 2.10. The molecule has 5 heteroatoms. The molecule has 0 unspecified atom stereocenters. The highest BCUT2D eigenvalue weighted by Gasteiger charge is 1.99. The van der Waals surface area contributed by atoms with Gasteiger partial charge in [0.25, 0.3) is 0 Å². The van der Waals surface area contributed by atoms with Crippen LogP contribution in [0.3, 0.4) is 0 Å². The minimum Gasteiger partial charge on any atom is -0.466 e. The first-order chi connectivity index (χ1) is 18.0. The van der Waals surface area contributed by atoms with Gasteiger partial charge in [-0.3, -0.25) is 4.79 Å². The third kappa shape index (κ3) is 52.6. The van der Waals surface area contributed by atoms with E-state index in [-0.39, 0.29) is 5.97 Å². The van der Waals surface area contributed by atoms with Gasteiger partial charge in [-0.25, -0.2) is 0 Å². The van der Waals surface area contributed by atoms with Gasteiger partial charge in [0.15, 0.2) is 0 Å². The van der Waals surface area contributed by atoms with Crippen LogP contribution in [0.4, 0.5) is 0 Å². The highest BCUT2D eigenvalue weighted by molar-refractivity contribution is 5.65. The van der Waals surface area contributed by atoms with Crippen LogP contribution in [-0.4, -0.2) is 60.5 Å². The van der Waals surface area contributed by atoms with Gasteiger partial charge >= 0.3 is 5.97 Å². The van der Waals surface area contributed by atoms with Crippen LogP contribution in [0.5, 0.6) is 0 Å². The van der Waals surface area contributed by atoms with Crippen molar-refractivity contribution >= 4 is 5.97 Å². The van der Waals surface area contributed by atoms with Crippen molar-refractivity contribution in [3.63, 3.8) is 0 Å². The predicted molar refractivity (Wildman–Crippen MR) is 164 cm³/mol. The van der Waals surface area contributed by atoms with Crippen molar-refractivity contribution in [2.45, 2.75) is 164 Å². The maximum absolute atomic E-state index is 10.4. The summed E-state index contributed by atoms with van der Waals surface area (Å²) >= 11 is 0. The number of aliphatic hydroxyl groups excluding tert-OH is 2. The molecule has 0 bridgehead atoms. The maximum atomic E-state index is 10.4. The van der Waals surface area contributed by atoms with Gasteiger partial charge in [-0.15, -0.1) is 0 Å². The van der Waals surface area contributed by atoms with E-state index in [1.165, 1.54) is 116 Å². The molecular formula is C32H71NO4. The zero-order chi connectivity index (χ0) is 28.8. The largest absolute Gasteiger partial charge is 0.466 e. The third-order valence-corrected chi connectivity index (χ3v) is 5.93. The van der Waals surface area contributed by atoms with Crippen molar-refractivity contribution < 1.29 is 19.7 Å². The van der Waals surface area contributed by atoms with Crippen molar-refractivity contribution in [3.05, 3.63) is 0 Å². The van der Waals surface area contributed by atoms with Gasteiger partial charge in [0.1, 0.15) is 0 Å². The third-order valence-electron chi connectivity index (χ3n) is 5.93. The van der Waals surface area contributed by atoms with Crippen LogP contribution in [0.2, 0.25) is 0 Å². The Hall–Kier alpha value is -0.650. The molecule has 0 saturated carbocycles. The average Bonchev–Trinajstić information content (AvgIpc) is 2.91. The second-order valence-electron chi connectivity index (χ2n) is 9.52. The van der Waals surface area contributed by atoms with E-state index in [0.717, 1.165) is 25.7 Å². The second kappa shape index (κ2) is 45.3. The average molecular weight is 534 g/mol. The number of ether oxygens (including phenoxy) is 1. The van der Waals surface area contributed by atoms with Gasteiger partial charge in [-0.1, -0.05) is 125 Å². The van der Waals surface area contributed by atoms with Gasteiger partial charge in [-0.05, 0) is 51.7 Å². The number of unbranched alkanes of at least 4 members (excludes halogenated alkanes) is 14. The minimum atomic E-state index is -0.163. The van der Waals surface area contributed by atoms with Crippen LogP contribution >= 0.6 is 0 Å². The molecule has 0 spiro atoms. The predicted octanol–water partition coefficient (Wildman–Crippen LogP) is 8.94. The van der Waals surface area contributed by atoms with Crippen LogP contribution < -0.4 is 0 Å². The lowest BCUT2D eigenvalue weighted by Gasteiger charge is -2.19. The molecule has 5 nitrogen and oxygen atoms in total. The quantitative estimate of drug-likeness (QED) is 0.101. The minimum absolute atomic E-state index is 0.163. The molecule has 228 valence electrons. The number of aliphatic hydroxyl groups is 2. The van der Waals surface area contributed by atoms with Crippen molar-refractivity contribution in [1.82, 2.24) is 4.90 Å². The van der Waals surface area contributed by atoms with Gasteiger partial charge in [0.2, 0.25) is 0 Å². The van der Waals surface area contributed by atoms with Crippen LogP contribution in [0, 0.1) is 0 Å². The first kappa shape index (κ1) is 43.4. The topological polar surface area (TPSA) is 70.0 Å². The highest BCUT2D eigenvalue weighted by atomic mass is 16.5. The molecule has 0 radical (unpaired) electrons. The molecular weight excluding hydrogens is 462 g/mol. The van der Waals surface area contributed by atoms with Crippen molar-refractivity contribution in [2.24, 2.45) is 0 Å². The van der Waals surface area contributed by atoms with E-state index >= 15 is 0 Å². The number of esters is 1.